The summed E-state index contributed by atoms with van der Waals surface area (Å²) in [6, 6.07) is -0.514. The molecule has 1 rings (SSSR count). The number of esters is 1. The Balaban J connectivity index is 1.97. The lowest BCUT2D eigenvalue weighted by Crippen LogP contribution is -2.36. The first kappa shape index (κ1) is 15.4. The number of rotatable bonds is 10. The van der Waals surface area contributed by atoms with Crippen LogP contribution in [0.2, 0.25) is 0 Å². The number of likely N-dealkylation sites (N-methyl/N-ethyl adjacent to an activating group) is 1. The zero-order valence-corrected chi connectivity index (χ0v) is 11.6. The van der Waals surface area contributed by atoms with Crippen LogP contribution in [-0.4, -0.2) is 56.9 Å². The van der Waals surface area contributed by atoms with Crippen LogP contribution in [0.3, 0.4) is 0 Å². The van der Waals surface area contributed by atoms with Gasteiger partial charge in [-0.15, -0.1) is 0 Å². The van der Waals surface area contributed by atoms with E-state index in [0.717, 1.165) is 32.2 Å². The molecule has 0 aromatic heterocycles. The number of ether oxygens (including phenoxy) is 2. The van der Waals surface area contributed by atoms with E-state index in [1.807, 2.05) is 7.05 Å². The second-order valence-electron chi connectivity index (χ2n) is 4.97. The molecule has 0 aliphatic heterocycles. The summed E-state index contributed by atoms with van der Waals surface area (Å²) in [6.07, 6.45) is 3.27. The van der Waals surface area contributed by atoms with Crippen molar-refractivity contribution in [3.63, 3.8) is 0 Å². The number of nitrogens with two attached hydrogens (primary N) is 1. The zero-order valence-electron chi connectivity index (χ0n) is 11.6. The monoisotopic (exact) mass is 258 g/mol. The Kier molecular flexibility index (Phi) is 7.23. The van der Waals surface area contributed by atoms with E-state index in [1.165, 1.54) is 12.8 Å². The van der Waals surface area contributed by atoms with Crippen molar-refractivity contribution in [2.75, 3.05) is 40.0 Å². The minimum Gasteiger partial charge on any atom is -0.465 e. The smallest absolute Gasteiger partial charge is 0.322 e. The second-order valence-corrected chi connectivity index (χ2v) is 4.97. The molecule has 0 aromatic carbocycles. The van der Waals surface area contributed by atoms with Crippen LogP contribution in [0.25, 0.3) is 0 Å². The van der Waals surface area contributed by atoms with Crippen molar-refractivity contribution in [1.82, 2.24) is 4.90 Å². The highest BCUT2D eigenvalue weighted by molar-refractivity contribution is 5.75. The molecular weight excluding hydrogens is 232 g/mol. The normalized spacial score (nSPS) is 16.9. The largest absolute Gasteiger partial charge is 0.465 e. The lowest BCUT2D eigenvalue weighted by atomic mass is 10.2. The average molecular weight is 258 g/mol. The number of hydrogen-bond acceptors (Lipinski definition) is 5. The zero-order chi connectivity index (χ0) is 13.4. The maximum Gasteiger partial charge on any atom is 0.322 e. The first-order valence-corrected chi connectivity index (χ1v) is 6.82. The second kappa shape index (κ2) is 8.45. The summed E-state index contributed by atoms with van der Waals surface area (Å²) in [4.78, 5) is 13.4. The van der Waals surface area contributed by atoms with Crippen molar-refractivity contribution >= 4 is 5.97 Å². The highest BCUT2D eigenvalue weighted by atomic mass is 16.5. The average Bonchev–Trinajstić information content (AvgIpc) is 3.16. The van der Waals surface area contributed by atoms with Crippen LogP contribution in [0.1, 0.15) is 26.2 Å². The number of hydrogen-bond donors (Lipinski definition) is 1. The molecule has 1 saturated carbocycles. The van der Waals surface area contributed by atoms with Crippen molar-refractivity contribution < 1.29 is 14.3 Å². The summed E-state index contributed by atoms with van der Waals surface area (Å²) in [7, 11) is 2.01. The van der Waals surface area contributed by atoms with Gasteiger partial charge in [-0.1, -0.05) is 0 Å². The molecule has 1 aliphatic carbocycles. The Bertz CT molecular complexity index is 244. The third-order valence-electron chi connectivity index (χ3n) is 3.08. The van der Waals surface area contributed by atoms with Gasteiger partial charge < -0.3 is 20.1 Å². The van der Waals surface area contributed by atoms with Gasteiger partial charge in [-0.3, -0.25) is 4.79 Å². The van der Waals surface area contributed by atoms with E-state index in [9.17, 15) is 4.79 Å². The van der Waals surface area contributed by atoms with E-state index < -0.39 is 6.04 Å². The Labute approximate surface area is 110 Å². The summed E-state index contributed by atoms with van der Waals surface area (Å²) in [6.45, 7) is 5.48. The Morgan fingerprint density at radius 1 is 1.44 bits per heavy atom. The molecule has 5 heteroatoms. The first-order chi connectivity index (χ1) is 8.63. The van der Waals surface area contributed by atoms with Crippen molar-refractivity contribution in [2.45, 2.75) is 32.2 Å². The molecule has 106 valence electrons. The molecule has 2 N–H and O–H groups in total. The third kappa shape index (κ3) is 6.93. The third-order valence-corrected chi connectivity index (χ3v) is 3.08. The maximum absolute atomic E-state index is 11.3. The van der Waals surface area contributed by atoms with E-state index in [2.05, 4.69) is 4.90 Å². The molecule has 1 aliphatic rings. The van der Waals surface area contributed by atoms with Crippen LogP contribution < -0.4 is 5.73 Å². The molecule has 0 heterocycles. The van der Waals surface area contributed by atoms with Crippen molar-refractivity contribution in [3.8, 4) is 0 Å². The fourth-order valence-electron chi connectivity index (χ4n) is 1.59. The molecule has 1 fully saturated rings. The molecule has 1 unspecified atom stereocenters. The number of carbonyl (C=O) groups is 1. The number of nitrogens with zero attached hydrogens (tertiary/aromatic N) is 1. The van der Waals surface area contributed by atoms with Crippen LogP contribution in [0.15, 0.2) is 0 Å². The highest BCUT2D eigenvalue weighted by Crippen LogP contribution is 2.28. The highest BCUT2D eigenvalue weighted by Gasteiger charge is 2.21. The molecule has 18 heavy (non-hydrogen) atoms. The van der Waals surface area contributed by atoms with Gasteiger partial charge in [0.15, 0.2) is 0 Å². The maximum atomic E-state index is 11.3. The summed E-state index contributed by atoms with van der Waals surface area (Å²) < 4.78 is 10.4. The van der Waals surface area contributed by atoms with Gasteiger partial charge in [-0.2, -0.15) is 0 Å². The molecule has 0 radical (unpaired) electrons. The van der Waals surface area contributed by atoms with Gasteiger partial charge in [0.25, 0.3) is 0 Å². The van der Waals surface area contributed by atoms with E-state index in [4.69, 9.17) is 15.2 Å². The van der Waals surface area contributed by atoms with Gasteiger partial charge >= 0.3 is 5.97 Å². The molecule has 5 nitrogen and oxygen atoms in total. The molecule has 0 aromatic rings. The van der Waals surface area contributed by atoms with Gasteiger partial charge in [0.1, 0.15) is 6.04 Å². The SMILES string of the molecule is CCOC(=O)C(N)CCN(C)CCOCC1CC1. The predicted octanol–water partition coefficient (Wildman–Crippen LogP) is 0.625. The fourth-order valence-corrected chi connectivity index (χ4v) is 1.59. The van der Waals surface area contributed by atoms with E-state index in [1.54, 1.807) is 6.92 Å². The predicted molar refractivity (Wildman–Crippen MR) is 70.3 cm³/mol. The molecule has 0 amide bonds. The Morgan fingerprint density at radius 3 is 2.78 bits per heavy atom. The topological polar surface area (TPSA) is 64.8 Å². The van der Waals surface area contributed by atoms with Gasteiger partial charge in [0.2, 0.25) is 0 Å². The van der Waals surface area contributed by atoms with Crippen LogP contribution in [0.5, 0.6) is 0 Å². The van der Waals surface area contributed by atoms with E-state index in [0.29, 0.717) is 13.0 Å². The quantitative estimate of drug-likeness (QED) is 0.460. The first-order valence-electron chi connectivity index (χ1n) is 6.82. The summed E-state index contributed by atoms with van der Waals surface area (Å²) in [5.41, 5.74) is 5.72. The van der Waals surface area contributed by atoms with Gasteiger partial charge in [-0.05, 0) is 45.7 Å². The molecule has 0 spiro atoms. The summed E-state index contributed by atoms with van der Waals surface area (Å²) in [5.74, 6) is 0.503. The fraction of sp³-hybridized carbons (Fsp3) is 0.923. The molecule has 0 saturated heterocycles. The van der Waals surface area contributed by atoms with Crippen molar-refractivity contribution in [1.29, 1.82) is 0 Å². The van der Waals surface area contributed by atoms with Crippen LogP contribution in [0, 0.1) is 5.92 Å². The summed E-state index contributed by atoms with van der Waals surface area (Å²) in [5, 5.41) is 0. The Hall–Kier alpha value is -0.650. The number of carbonyl (C=O) groups excluding carboxylic acids is 1. The molecule has 0 bridgehead atoms. The van der Waals surface area contributed by atoms with Gasteiger partial charge in [0, 0.05) is 13.2 Å². The van der Waals surface area contributed by atoms with Crippen molar-refractivity contribution in [2.24, 2.45) is 11.7 Å². The van der Waals surface area contributed by atoms with Gasteiger partial charge in [-0.25, -0.2) is 0 Å². The lowest BCUT2D eigenvalue weighted by molar-refractivity contribution is -0.144. The van der Waals surface area contributed by atoms with Crippen molar-refractivity contribution in [3.05, 3.63) is 0 Å². The van der Waals surface area contributed by atoms with Crippen LogP contribution in [-0.2, 0) is 14.3 Å². The van der Waals surface area contributed by atoms with Gasteiger partial charge in [0.05, 0.1) is 13.2 Å². The standard InChI is InChI=1S/C13H26N2O3/c1-3-18-13(16)12(14)6-7-15(2)8-9-17-10-11-4-5-11/h11-12H,3-10,14H2,1-2H3. The van der Waals surface area contributed by atoms with E-state index >= 15 is 0 Å². The molecule has 1 atom stereocenters. The van der Waals surface area contributed by atoms with Crippen LogP contribution in [0.4, 0.5) is 0 Å². The van der Waals surface area contributed by atoms with E-state index in [-0.39, 0.29) is 5.97 Å². The lowest BCUT2D eigenvalue weighted by Gasteiger charge is -2.18. The minimum absolute atomic E-state index is 0.309. The minimum atomic E-state index is -0.514. The van der Waals surface area contributed by atoms with Crippen LogP contribution >= 0.6 is 0 Å². The Morgan fingerprint density at radius 2 is 2.17 bits per heavy atom. The molecular formula is C13H26N2O3. The summed E-state index contributed by atoms with van der Waals surface area (Å²) >= 11 is 0.